The number of esters is 2. The van der Waals surface area contributed by atoms with Gasteiger partial charge in [-0.1, -0.05) is 316 Å². The summed E-state index contributed by atoms with van der Waals surface area (Å²) < 4.78 is 33.2. The average molecular weight is 1210 g/mol. The summed E-state index contributed by atoms with van der Waals surface area (Å²) in [5, 5.41) is 0. The molecule has 0 radical (unpaired) electrons. The molecular formula is C75H132NO8P. The number of unbranched alkanes of at least 4 members (excludes halogenated alkanes) is 35. The summed E-state index contributed by atoms with van der Waals surface area (Å²) in [5.74, 6) is -0.821. The summed E-state index contributed by atoms with van der Waals surface area (Å²) in [6.45, 7) is 3.65. The van der Waals surface area contributed by atoms with Gasteiger partial charge in [0, 0.05) is 19.4 Å². The highest BCUT2D eigenvalue weighted by Gasteiger charge is 2.26. The van der Waals surface area contributed by atoms with Gasteiger partial charge in [-0.05, 0) is 103 Å². The van der Waals surface area contributed by atoms with Crippen molar-refractivity contribution in [2.24, 2.45) is 5.73 Å². The standard InChI is InChI=1S/C75H132NO8P/c1-3-5-7-9-11-13-15-17-19-21-23-25-27-29-31-33-34-35-36-37-38-40-42-44-46-48-50-52-54-56-58-60-62-64-66-68-75(78)84-73(72-83-85(79,80)82-70-69-76)71-81-74(77)67-65-63-61-59-57-55-53-51-49-47-45-43-41-39-32-30-28-26-24-22-20-18-16-14-12-10-8-6-4-2/h5,7,11,13,16-19,22-25,29,31,34-35,37-38,73H,3-4,6,8-10,12,14-15,20-21,26-28,30,32-33,36,39-72,76H2,1-2H3,(H,79,80)/b7-5-,13-11-,18-16-,19-17-,24-22-,25-23-,31-29-,35-34-,38-37-. The van der Waals surface area contributed by atoms with Crippen molar-refractivity contribution in [1.29, 1.82) is 0 Å². The van der Waals surface area contributed by atoms with Gasteiger partial charge in [-0.3, -0.25) is 18.6 Å². The van der Waals surface area contributed by atoms with Crippen molar-refractivity contribution in [1.82, 2.24) is 0 Å². The number of phosphoric acid groups is 1. The molecule has 490 valence electrons. The Morgan fingerprint density at radius 3 is 0.965 bits per heavy atom. The molecule has 85 heavy (non-hydrogen) atoms. The monoisotopic (exact) mass is 1210 g/mol. The van der Waals surface area contributed by atoms with Crippen LogP contribution in [0.2, 0.25) is 0 Å². The maximum atomic E-state index is 12.8. The molecule has 0 amide bonds. The van der Waals surface area contributed by atoms with Crippen LogP contribution in [-0.4, -0.2) is 49.3 Å². The van der Waals surface area contributed by atoms with Crippen LogP contribution >= 0.6 is 7.82 Å². The first-order valence-corrected chi connectivity index (χ1v) is 36.9. The second-order valence-corrected chi connectivity index (χ2v) is 24.8. The van der Waals surface area contributed by atoms with E-state index in [1.54, 1.807) is 0 Å². The van der Waals surface area contributed by atoms with E-state index in [0.29, 0.717) is 6.42 Å². The number of hydrogen-bond donors (Lipinski definition) is 2. The van der Waals surface area contributed by atoms with Crippen LogP contribution in [0.25, 0.3) is 0 Å². The lowest BCUT2D eigenvalue weighted by molar-refractivity contribution is -0.161. The molecule has 0 fully saturated rings. The zero-order valence-corrected chi connectivity index (χ0v) is 56.0. The molecule has 2 atom stereocenters. The minimum atomic E-state index is -4.40. The quantitative estimate of drug-likeness (QED) is 0.0264. The van der Waals surface area contributed by atoms with Crippen molar-refractivity contribution in [3.05, 3.63) is 109 Å². The molecule has 0 aromatic heterocycles. The molecule has 0 rings (SSSR count). The van der Waals surface area contributed by atoms with Crippen LogP contribution in [0.4, 0.5) is 0 Å². The fourth-order valence-corrected chi connectivity index (χ4v) is 10.7. The fraction of sp³-hybridized carbons (Fsp3) is 0.733. The third-order valence-corrected chi connectivity index (χ3v) is 16.1. The number of carbonyl (C=O) groups excluding carboxylic acids is 2. The summed E-state index contributed by atoms with van der Waals surface area (Å²) in [6.07, 6.45) is 96.1. The van der Waals surface area contributed by atoms with Crippen LogP contribution in [0, 0.1) is 0 Å². The first-order valence-electron chi connectivity index (χ1n) is 35.4. The molecule has 0 aromatic carbocycles. The van der Waals surface area contributed by atoms with Crippen molar-refractivity contribution >= 4 is 19.8 Å². The van der Waals surface area contributed by atoms with Crippen LogP contribution in [0.1, 0.15) is 322 Å². The highest BCUT2D eigenvalue weighted by molar-refractivity contribution is 7.47. The van der Waals surface area contributed by atoms with E-state index in [0.717, 1.165) is 89.9 Å². The van der Waals surface area contributed by atoms with Gasteiger partial charge in [0.25, 0.3) is 0 Å². The molecule has 9 nitrogen and oxygen atoms in total. The summed E-state index contributed by atoms with van der Waals surface area (Å²) in [7, 11) is -4.40. The number of hydrogen-bond acceptors (Lipinski definition) is 8. The highest BCUT2D eigenvalue weighted by atomic mass is 31.2. The van der Waals surface area contributed by atoms with Crippen LogP contribution in [0.3, 0.4) is 0 Å². The Labute approximate surface area is 524 Å². The highest BCUT2D eigenvalue weighted by Crippen LogP contribution is 2.43. The van der Waals surface area contributed by atoms with Gasteiger partial charge in [0.05, 0.1) is 13.2 Å². The van der Waals surface area contributed by atoms with E-state index in [1.165, 1.54) is 199 Å². The molecule has 0 aliphatic rings. The topological polar surface area (TPSA) is 134 Å². The predicted octanol–water partition coefficient (Wildman–Crippen LogP) is 23.3. The van der Waals surface area contributed by atoms with Gasteiger partial charge in [-0.15, -0.1) is 0 Å². The summed E-state index contributed by atoms with van der Waals surface area (Å²) >= 11 is 0. The van der Waals surface area contributed by atoms with Gasteiger partial charge >= 0.3 is 19.8 Å². The summed E-state index contributed by atoms with van der Waals surface area (Å²) in [6, 6.07) is 0. The summed E-state index contributed by atoms with van der Waals surface area (Å²) in [4.78, 5) is 35.4. The van der Waals surface area contributed by atoms with Crippen molar-refractivity contribution in [3.8, 4) is 0 Å². The number of ether oxygens (including phenoxy) is 2. The Kier molecular flexibility index (Phi) is 67.0. The first-order chi connectivity index (χ1) is 41.8. The minimum absolute atomic E-state index is 0.0505. The summed E-state index contributed by atoms with van der Waals surface area (Å²) in [5.41, 5.74) is 5.40. The van der Waals surface area contributed by atoms with Crippen LogP contribution in [0.5, 0.6) is 0 Å². The van der Waals surface area contributed by atoms with Crippen molar-refractivity contribution in [2.45, 2.75) is 328 Å². The van der Waals surface area contributed by atoms with Gasteiger partial charge in [0.15, 0.2) is 6.10 Å². The molecule has 2 unspecified atom stereocenters. The lowest BCUT2D eigenvalue weighted by Crippen LogP contribution is -2.29. The lowest BCUT2D eigenvalue weighted by Gasteiger charge is -2.19. The van der Waals surface area contributed by atoms with Crippen molar-refractivity contribution < 1.29 is 37.6 Å². The van der Waals surface area contributed by atoms with E-state index < -0.39 is 26.5 Å². The molecule has 10 heteroatoms. The number of allylic oxidation sites excluding steroid dienone is 18. The van der Waals surface area contributed by atoms with E-state index in [-0.39, 0.29) is 38.6 Å². The fourth-order valence-electron chi connectivity index (χ4n) is 9.94. The number of carbonyl (C=O) groups is 2. The normalized spacial score (nSPS) is 13.6. The molecule has 0 spiro atoms. The first kappa shape index (κ1) is 81.7. The maximum Gasteiger partial charge on any atom is 0.472 e. The molecule has 0 heterocycles. The Morgan fingerprint density at radius 2 is 0.647 bits per heavy atom. The van der Waals surface area contributed by atoms with Gasteiger partial charge in [0.1, 0.15) is 6.61 Å². The van der Waals surface area contributed by atoms with Crippen molar-refractivity contribution in [3.63, 3.8) is 0 Å². The maximum absolute atomic E-state index is 12.8. The van der Waals surface area contributed by atoms with E-state index in [1.807, 2.05) is 0 Å². The molecule has 0 aromatic rings. The van der Waals surface area contributed by atoms with E-state index in [9.17, 15) is 19.0 Å². The molecule has 0 saturated carbocycles. The number of nitrogens with two attached hydrogens (primary N) is 1. The van der Waals surface area contributed by atoms with Gasteiger partial charge in [0.2, 0.25) is 0 Å². The molecule has 0 saturated heterocycles. The Balaban J connectivity index is 3.89. The third kappa shape index (κ3) is 69.6. The average Bonchev–Trinajstić information content (AvgIpc) is 3.52. The molecular weight excluding hydrogens is 1070 g/mol. The Hall–Kier alpha value is -3.33. The second-order valence-electron chi connectivity index (χ2n) is 23.4. The Bertz CT molecular complexity index is 1760. The van der Waals surface area contributed by atoms with E-state index >= 15 is 0 Å². The van der Waals surface area contributed by atoms with Crippen LogP contribution in [0.15, 0.2) is 109 Å². The van der Waals surface area contributed by atoms with Crippen molar-refractivity contribution in [2.75, 3.05) is 26.4 Å². The SMILES string of the molecule is CC/C=C\C/C=C\C/C=C\C/C=C\C/C=C\C/C=C\C/C=C\CCCCCCCCCCCCCCCC(=O)OC(COC(=O)CCCCCCCCCCCCCCCCCCC/C=C\C/C=C\CCCCCCC)COP(=O)(O)OCCN. The number of phosphoric ester groups is 1. The minimum Gasteiger partial charge on any atom is -0.462 e. The number of rotatable bonds is 66. The molecule has 0 aliphatic heterocycles. The lowest BCUT2D eigenvalue weighted by atomic mass is 10.0. The third-order valence-electron chi connectivity index (χ3n) is 15.1. The van der Waals surface area contributed by atoms with Crippen LogP contribution in [-0.2, 0) is 32.7 Å². The second kappa shape index (κ2) is 69.8. The van der Waals surface area contributed by atoms with E-state index in [2.05, 4.69) is 123 Å². The zero-order chi connectivity index (χ0) is 61.6. The molecule has 0 aliphatic carbocycles. The largest absolute Gasteiger partial charge is 0.472 e. The molecule has 3 N–H and O–H groups in total. The zero-order valence-electron chi connectivity index (χ0n) is 55.1. The van der Waals surface area contributed by atoms with Gasteiger partial charge in [-0.25, -0.2) is 4.57 Å². The van der Waals surface area contributed by atoms with E-state index in [4.69, 9.17) is 24.3 Å². The smallest absolute Gasteiger partial charge is 0.462 e. The van der Waals surface area contributed by atoms with Crippen LogP contribution < -0.4 is 5.73 Å². The Morgan fingerprint density at radius 1 is 0.365 bits per heavy atom. The predicted molar refractivity (Wildman–Crippen MR) is 367 cm³/mol. The van der Waals surface area contributed by atoms with Gasteiger partial charge < -0.3 is 20.1 Å². The van der Waals surface area contributed by atoms with Gasteiger partial charge in [-0.2, -0.15) is 0 Å². The molecule has 0 bridgehead atoms.